The van der Waals surface area contributed by atoms with Gasteiger partial charge in [0.05, 0.1) is 23.9 Å². The van der Waals surface area contributed by atoms with E-state index >= 15 is 0 Å². The van der Waals surface area contributed by atoms with Crippen LogP contribution in [0.2, 0.25) is 0 Å². The zero-order chi connectivity index (χ0) is 15.0. The number of nitrogens with two attached hydrogens (primary N) is 1. The molecule has 0 fully saturated rings. The van der Waals surface area contributed by atoms with E-state index in [4.69, 9.17) is 5.73 Å². The Kier molecular flexibility index (Phi) is 3.09. The molecule has 2 N–H and O–H groups in total. The molecule has 0 aliphatic carbocycles. The van der Waals surface area contributed by atoms with Gasteiger partial charge in [-0.3, -0.25) is 4.57 Å². The molecule has 106 valence electrons. The topological polar surface area (TPSA) is 56.7 Å². The summed E-state index contributed by atoms with van der Waals surface area (Å²) < 4.78 is 41.6. The number of rotatable bonds is 2. The van der Waals surface area contributed by atoms with Crippen molar-refractivity contribution in [2.45, 2.75) is 0 Å². The van der Waals surface area contributed by atoms with E-state index < -0.39 is 17.5 Å². The SMILES string of the molecule is Nc1cc(-c2cncn2-c2ccc(F)c(F)c2F)ccn1. The average molecular weight is 290 g/mol. The van der Waals surface area contributed by atoms with E-state index in [1.165, 1.54) is 23.3 Å². The smallest absolute Gasteiger partial charge is 0.196 e. The van der Waals surface area contributed by atoms with E-state index in [2.05, 4.69) is 9.97 Å². The van der Waals surface area contributed by atoms with Crippen molar-refractivity contribution in [3.05, 3.63) is 60.4 Å². The Hall–Kier alpha value is -2.83. The number of halogens is 3. The van der Waals surface area contributed by atoms with E-state index in [1.54, 1.807) is 12.1 Å². The predicted octanol–water partition coefficient (Wildman–Crippen LogP) is 2.93. The minimum atomic E-state index is -1.53. The minimum Gasteiger partial charge on any atom is -0.384 e. The Labute approximate surface area is 117 Å². The second kappa shape index (κ2) is 4.93. The summed E-state index contributed by atoms with van der Waals surface area (Å²) in [6.45, 7) is 0. The Balaban J connectivity index is 2.18. The molecule has 0 spiro atoms. The Morgan fingerprint density at radius 1 is 1.05 bits per heavy atom. The number of aromatic nitrogens is 3. The number of hydrogen-bond donors (Lipinski definition) is 1. The highest BCUT2D eigenvalue weighted by atomic mass is 19.2. The second-order valence-electron chi connectivity index (χ2n) is 4.31. The molecule has 0 aliphatic rings. The van der Waals surface area contributed by atoms with Gasteiger partial charge in [-0.15, -0.1) is 0 Å². The highest BCUT2D eigenvalue weighted by Crippen LogP contribution is 2.26. The highest BCUT2D eigenvalue weighted by molar-refractivity contribution is 5.64. The van der Waals surface area contributed by atoms with Crippen LogP contribution < -0.4 is 5.73 Å². The van der Waals surface area contributed by atoms with Crippen LogP contribution in [0.25, 0.3) is 16.9 Å². The zero-order valence-electron chi connectivity index (χ0n) is 10.6. The zero-order valence-corrected chi connectivity index (χ0v) is 10.6. The number of hydrogen-bond acceptors (Lipinski definition) is 3. The van der Waals surface area contributed by atoms with Gasteiger partial charge in [0.2, 0.25) is 0 Å². The summed E-state index contributed by atoms with van der Waals surface area (Å²) in [5.74, 6) is -3.77. The van der Waals surface area contributed by atoms with Crippen molar-refractivity contribution in [2.75, 3.05) is 5.73 Å². The molecule has 1 aromatic carbocycles. The maximum atomic E-state index is 13.9. The summed E-state index contributed by atoms with van der Waals surface area (Å²) >= 11 is 0. The molecule has 0 radical (unpaired) electrons. The van der Waals surface area contributed by atoms with Crippen molar-refractivity contribution >= 4 is 5.82 Å². The molecule has 0 aliphatic heterocycles. The lowest BCUT2D eigenvalue weighted by Crippen LogP contribution is -2.03. The molecule has 4 nitrogen and oxygen atoms in total. The largest absolute Gasteiger partial charge is 0.384 e. The van der Waals surface area contributed by atoms with Crippen molar-refractivity contribution < 1.29 is 13.2 Å². The third-order valence-electron chi connectivity index (χ3n) is 2.99. The first kappa shape index (κ1) is 13.2. The maximum absolute atomic E-state index is 13.9. The second-order valence-corrected chi connectivity index (χ2v) is 4.31. The molecule has 2 heterocycles. The van der Waals surface area contributed by atoms with Gasteiger partial charge in [-0.1, -0.05) is 0 Å². The molecule has 7 heteroatoms. The van der Waals surface area contributed by atoms with Gasteiger partial charge in [0.1, 0.15) is 5.82 Å². The van der Waals surface area contributed by atoms with Crippen LogP contribution in [0.5, 0.6) is 0 Å². The summed E-state index contributed by atoms with van der Waals surface area (Å²) in [6.07, 6.45) is 4.26. The first-order chi connectivity index (χ1) is 10.1. The van der Waals surface area contributed by atoms with Crippen LogP contribution in [0.1, 0.15) is 0 Å². The van der Waals surface area contributed by atoms with E-state index in [-0.39, 0.29) is 11.5 Å². The van der Waals surface area contributed by atoms with Crippen molar-refractivity contribution in [1.29, 1.82) is 0 Å². The van der Waals surface area contributed by atoms with Crippen LogP contribution in [0.15, 0.2) is 43.0 Å². The first-order valence-electron chi connectivity index (χ1n) is 5.96. The fourth-order valence-corrected chi connectivity index (χ4v) is 2.01. The van der Waals surface area contributed by atoms with Crippen LogP contribution in [-0.2, 0) is 0 Å². The van der Waals surface area contributed by atoms with E-state index in [0.29, 0.717) is 11.3 Å². The van der Waals surface area contributed by atoms with Crippen LogP contribution in [-0.4, -0.2) is 14.5 Å². The summed E-state index contributed by atoms with van der Waals surface area (Å²) in [4.78, 5) is 7.78. The number of anilines is 1. The number of benzene rings is 1. The van der Waals surface area contributed by atoms with Crippen molar-refractivity contribution in [3.8, 4) is 16.9 Å². The third kappa shape index (κ3) is 2.22. The van der Waals surface area contributed by atoms with E-state index in [9.17, 15) is 13.2 Å². The van der Waals surface area contributed by atoms with Crippen molar-refractivity contribution in [2.24, 2.45) is 0 Å². The Morgan fingerprint density at radius 2 is 1.86 bits per heavy atom. The molecular formula is C14H9F3N4. The van der Waals surface area contributed by atoms with Crippen molar-refractivity contribution in [1.82, 2.24) is 14.5 Å². The van der Waals surface area contributed by atoms with Crippen LogP contribution >= 0.6 is 0 Å². The van der Waals surface area contributed by atoms with Crippen LogP contribution in [0.4, 0.5) is 19.0 Å². The molecule has 0 unspecified atom stereocenters. The minimum absolute atomic E-state index is 0.142. The van der Waals surface area contributed by atoms with E-state index in [1.807, 2.05) is 0 Å². The molecule has 0 saturated carbocycles. The molecular weight excluding hydrogens is 281 g/mol. The summed E-state index contributed by atoms with van der Waals surface area (Å²) in [6, 6.07) is 5.23. The van der Waals surface area contributed by atoms with Gasteiger partial charge in [-0.25, -0.2) is 23.1 Å². The molecule has 3 aromatic rings. The Morgan fingerprint density at radius 3 is 2.62 bits per heavy atom. The van der Waals surface area contributed by atoms with Crippen LogP contribution in [0, 0.1) is 17.5 Å². The lowest BCUT2D eigenvalue weighted by atomic mass is 10.2. The monoisotopic (exact) mass is 290 g/mol. The predicted molar refractivity (Wildman–Crippen MR) is 71.1 cm³/mol. The molecule has 0 saturated heterocycles. The third-order valence-corrected chi connectivity index (χ3v) is 2.99. The number of pyridine rings is 1. The van der Waals surface area contributed by atoms with Crippen LogP contribution in [0.3, 0.4) is 0 Å². The molecule has 2 aromatic heterocycles. The standard InChI is InChI=1S/C14H9F3N4/c15-9-1-2-10(14(17)13(9)16)21-7-19-6-11(21)8-3-4-20-12(18)5-8/h1-7H,(H2,18,20). The average Bonchev–Trinajstić information content (AvgIpc) is 2.94. The molecule has 3 rings (SSSR count). The fourth-order valence-electron chi connectivity index (χ4n) is 2.01. The van der Waals surface area contributed by atoms with Gasteiger partial charge >= 0.3 is 0 Å². The van der Waals surface area contributed by atoms with Gasteiger partial charge in [0.25, 0.3) is 0 Å². The normalized spacial score (nSPS) is 10.8. The summed E-state index contributed by atoms with van der Waals surface area (Å²) in [5, 5.41) is 0. The number of nitrogen functional groups attached to an aromatic ring is 1. The highest BCUT2D eigenvalue weighted by Gasteiger charge is 2.17. The molecule has 0 bridgehead atoms. The number of imidazole rings is 1. The lowest BCUT2D eigenvalue weighted by molar-refractivity contribution is 0.445. The lowest BCUT2D eigenvalue weighted by Gasteiger charge is -2.10. The number of nitrogens with zero attached hydrogens (tertiary/aromatic N) is 3. The molecule has 0 atom stereocenters. The molecule has 0 amide bonds. The first-order valence-corrected chi connectivity index (χ1v) is 5.96. The maximum Gasteiger partial charge on any atom is 0.196 e. The summed E-state index contributed by atoms with van der Waals surface area (Å²) in [7, 11) is 0. The van der Waals surface area contributed by atoms with Gasteiger partial charge < -0.3 is 5.73 Å². The van der Waals surface area contributed by atoms with Gasteiger partial charge in [-0.05, 0) is 24.3 Å². The van der Waals surface area contributed by atoms with Gasteiger partial charge in [0.15, 0.2) is 17.5 Å². The molecule has 21 heavy (non-hydrogen) atoms. The van der Waals surface area contributed by atoms with Gasteiger partial charge in [-0.2, -0.15) is 0 Å². The summed E-state index contributed by atoms with van der Waals surface area (Å²) in [5.41, 5.74) is 6.57. The quantitative estimate of drug-likeness (QED) is 0.738. The fraction of sp³-hybridized carbons (Fsp3) is 0. The van der Waals surface area contributed by atoms with Gasteiger partial charge in [0, 0.05) is 11.8 Å². The van der Waals surface area contributed by atoms with Crippen molar-refractivity contribution in [3.63, 3.8) is 0 Å². The van der Waals surface area contributed by atoms with E-state index in [0.717, 1.165) is 12.1 Å². The Bertz CT molecular complexity index is 814.